The molecule has 0 aromatic rings. The predicted molar refractivity (Wildman–Crippen MR) is 121 cm³/mol. The number of allylic oxidation sites excluding steroid dienone is 2. The number of fused-ring (bicyclic) bond motifs is 10. The fraction of sp³-hybridized carbons (Fsp3) is 0.929. The van der Waals surface area contributed by atoms with Gasteiger partial charge >= 0.3 is 124 Å². The Balaban J connectivity index is 0.636. The molecule has 0 N–H and O–H groups in total. The van der Waals surface area contributed by atoms with Crippen molar-refractivity contribution in [2.75, 3.05) is 0 Å². The molecule has 0 aromatic carbocycles. The van der Waals surface area contributed by atoms with Crippen LogP contribution in [0.1, 0.15) is 103 Å². The van der Waals surface area contributed by atoms with Gasteiger partial charge in [0.15, 0.2) is 0 Å². The average molecular weight is 437 g/mol. The monoisotopic (exact) mass is 436 g/mol. The Morgan fingerprint density at radius 3 is 1.41 bits per heavy atom. The molecule has 0 bridgehead atoms. The molecule has 0 radical (unpaired) electrons. The molecular weight excluding hydrogens is 392 g/mol. The van der Waals surface area contributed by atoms with Crippen molar-refractivity contribution >= 4 is 0 Å². The van der Waals surface area contributed by atoms with Crippen LogP contribution >= 0.6 is 0 Å². The van der Waals surface area contributed by atoms with Gasteiger partial charge in [0.25, 0.3) is 0 Å². The molecule has 10 aliphatic heterocycles. The van der Waals surface area contributed by atoms with Gasteiger partial charge in [-0.1, -0.05) is 39.0 Å². The van der Waals surface area contributed by atoms with E-state index in [-0.39, 0.29) is 0 Å². The van der Waals surface area contributed by atoms with E-state index in [1.54, 1.807) is 69.0 Å². The zero-order chi connectivity index (χ0) is 19.0. The van der Waals surface area contributed by atoms with E-state index in [0.717, 1.165) is 0 Å². The van der Waals surface area contributed by atoms with Gasteiger partial charge in [0.2, 0.25) is 0 Å². The van der Waals surface area contributed by atoms with Crippen LogP contribution in [0.4, 0.5) is 0 Å². The van der Waals surface area contributed by atoms with Crippen LogP contribution in [-0.4, -0.2) is 0 Å². The van der Waals surface area contributed by atoms with Crippen LogP contribution in [0.3, 0.4) is 0 Å². The molecule has 4 atom stereocenters. The van der Waals surface area contributed by atoms with Crippen LogP contribution in [0.25, 0.3) is 0 Å². The molecule has 0 saturated carbocycles. The van der Waals surface area contributed by atoms with Crippen molar-refractivity contribution in [3.63, 3.8) is 0 Å². The van der Waals surface area contributed by atoms with Crippen LogP contribution < -0.4 is 0 Å². The molecule has 10 rings (SSSR count). The van der Waals surface area contributed by atoms with Crippen molar-refractivity contribution < 1.29 is 6.51 Å². The van der Waals surface area contributed by atoms with Gasteiger partial charge in [-0.05, 0) is 6.42 Å². The normalized spacial score (nSPS) is 75.1. The zero-order valence-corrected chi connectivity index (χ0v) is 19.9. The molecule has 0 aromatic heterocycles. The van der Waals surface area contributed by atoms with E-state index in [1.807, 2.05) is 0 Å². The van der Waals surface area contributed by atoms with Crippen LogP contribution in [-0.2, 0) is 6.51 Å². The summed E-state index contributed by atoms with van der Waals surface area (Å²) in [5.74, 6) is 0. The predicted octanol–water partition coefficient (Wildman–Crippen LogP) is 10.2. The number of hydrogen-bond donors (Lipinski definition) is 0. The van der Waals surface area contributed by atoms with Gasteiger partial charge in [-0.3, -0.25) is 0 Å². The molecule has 0 aliphatic carbocycles. The molecule has 10 aliphatic rings. The molecular formula is C28H44Fe. The average Bonchev–Trinajstić information content (AvgIpc) is 3.67. The van der Waals surface area contributed by atoms with Crippen LogP contribution in [0.15, 0.2) is 12.2 Å². The van der Waals surface area contributed by atoms with Gasteiger partial charge < -0.3 is 0 Å². The van der Waals surface area contributed by atoms with Crippen molar-refractivity contribution in [3.8, 4) is 0 Å². The van der Waals surface area contributed by atoms with Crippen molar-refractivity contribution in [3.05, 3.63) is 12.2 Å². The molecule has 4 unspecified atom stereocenters. The van der Waals surface area contributed by atoms with Gasteiger partial charge in [0.1, 0.15) is 0 Å². The second kappa shape index (κ2) is 2.31. The summed E-state index contributed by atoms with van der Waals surface area (Å²) in [5, 5.41) is 0. The molecule has 164 valence electrons. The topological polar surface area (TPSA) is 0 Å². The minimum absolute atomic E-state index is 1.22. The third-order valence-electron chi connectivity index (χ3n) is 19.0. The summed E-state index contributed by atoms with van der Waals surface area (Å²) in [5.41, 5.74) is 0. The maximum absolute atomic E-state index is 2.69. The third-order valence-corrected chi connectivity index (χ3v) is 62.1. The van der Waals surface area contributed by atoms with E-state index >= 15 is 0 Å². The van der Waals surface area contributed by atoms with Gasteiger partial charge in [0, 0.05) is 0 Å². The van der Waals surface area contributed by atoms with Gasteiger partial charge in [-0.15, -0.1) is 0 Å². The molecule has 10 saturated heterocycles. The van der Waals surface area contributed by atoms with E-state index in [1.165, 1.54) is 74.9 Å². The minimum atomic E-state index is -2.69. The Bertz CT molecular complexity index is 1060. The Hall–Kier alpha value is 0.259. The van der Waals surface area contributed by atoms with E-state index in [9.17, 15) is 0 Å². The summed E-state index contributed by atoms with van der Waals surface area (Å²) in [4.78, 5) is 14.0. The summed E-state index contributed by atoms with van der Waals surface area (Å²) < 4.78 is 1.22. The second-order valence-electron chi connectivity index (χ2n) is 15.5. The van der Waals surface area contributed by atoms with Gasteiger partial charge in [-0.2, -0.15) is 0 Å². The van der Waals surface area contributed by atoms with E-state index in [2.05, 4.69) is 19.1 Å². The molecule has 0 nitrogen and oxygen atoms in total. The van der Waals surface area contributed by atoms with Crippen molar-refractivity contribution in [1.29, 1.82) is 0 Å². The molecule has 1 spiro atoms. The Morgan fingerprint density at radius 2 is 1.00 bits per heavy atom. The quantitative estimate of drug-likeness (QED) is 0.128. The summed E-state index contributed by atoms with van der Waals surface area (Å²) in [6.07, 6.45) is 27.2. The number of hydrogen-bond acceptors (Lipinski definition) is 0. The summed E-state index contributed by atoms with van der Waals surface area (Å²) >= 11 is 0. The third kappa shape index (κ3) is 0.361. The second-order valence-corrected chi connectivity index (χ2v) is 39.2. The molecule has 10 heterocycles. The number of rotatable bonds is 16. The Morgan fingerprint density at radius 1 is 0.552 bits per heavy atom. The summed E-state index contributed by atoms with van der Waals surface area (Å²) in [7, 11) is 0. The first kappa shape index (κ1) is 16.0. The Kier molecular flexibility index (Phi) is 1.27. The van der Waals surface area contributed by atoms with Crippen molar-refractivity contribution in [2.24, 2.45) is 0 Å². The first-order chi connectivity index (χ1) is 14.1. The maximum atomic E-state index is 2.48. The van der Waals surface area contributed by atoms with Crippen LogP contribution in [0, 0.1) is 0 Å². The Labute approximate surface area is 169 Å². The molecule has 10 fully saturated rings. The molecule has 0 amide bonds. The van der Waals surface area contributed by atoms with Crippen LogP contribution in [0.5, 0.6) is 0 Å². The number of unbranched alkanes of at least 4 members (excludes halogenated alkanes) is 12. The fourth-order valence-corrected chi connectivity index (χ4v) is 95.3. The summed E-state index contributed by atoms with van der Waals surface area (Å²) in [6.45, 7) is -0.382. The SMILES string of the molecule is CCCCCCCCC=CCCCCCCCC[C]12[CH]3[CH]4[CH]5[CH]1[Fe]45321678[CH]2[CH]1[CH]6[CH]7[CH]28. The molecule has 1 heteroatoms. The van der Waals surface area contributed by atoms with E-state index < -0.39 is 6.51 Å². The van der Waals surface area contributed by atoms with Crippen molar-refractivity contribution in [2.45, 2.75) is 151 Å². The van der Waals surface area contributed by atoms with Gasteiger partial charge in [-0.25, -0.2) is 0 Å². The van der Waals surface area contributed by atoms with E-state index in [4.69, 9.17) is 0 Å². The van der Waals surface area contributed by atoms with Crippen LogP contribution in [0.2, 0.25) is 47.7 Å². The standard InChI is InChI=1S/C23H39.C5H5.Fe/c1-2-3-4-5-6-7-8-9-10-11-12-13-14-15-16-17-20-23-21-18-19-22-23;1-2-4-5-3-1;/h9-10,18-19,21-22H,2-8,11-17,20H2,1H3;1-5H;. The zero-order valence-electron chi connectivity index (χ0n) is 18.8. The summed E-state index contributed by atoms with van der Waals surface area (Å²) in [6, 6.07) is 0. The van der Waals surface area contributed by atoms with E-state index in [0.29, 0.717) is 0 Å². The first-order valence-electron chi connectivity index (χ1n) is 14.0. The van der Waals surface area contributed by atoms with Crippen molar-refractivity contribution in [1.82, 2.24) is 0 Å². The molecule has 29 heavy (non-hydrogen) atoms. The van der Waals surface area contributed by atoms with Gasteiger partial charge in [0.05, 0.1) is 0 Å². The fourth-order valence-electron chi connectivity index (χ4n) is 20.0. The first-order valence-corrected chi connectivity index (χ1v) is 20.3.